The Morgan fingerprint density at radius 1 is 1.40 bits per heavy atom. The van der Waals surface area contributed by atoms with E-state index >= 15 is 0 Å². The first-order chi connectivity index (χ1) is 11.8. The molecule has 5 nitrogen and oxygen atoms in total. The van der Waals surface area contributed by atoms with Crippen LogP contribution in [0.5, 0.6) is 5.75 Å². The largest absolute Gasteiger partial charge is 0.487 e. The van der Waals surface area contributed by atoms with E-state index in [1.807, 2.05) is 0 Å². The molecule has 3 rings (SSSR count). The Morgan fingerprint density at radius 3 is 2.92 bits per heavy atom. The van der Waals surface area contributed by atoms with Gasteiger partial charge in [-0.1, -0.05) is 12.1 Å². The zero-order chi connectivity index (χ0) is 18.1. The molecular weight excluding hydrogens is 318 g/mol. The van der Waals surface area contributed by atoms with Gasteiger partial charge in [-0.05, 0) is 56.8 Å². The van der Waals surface area contributed by atoms with E-state index in [-0.39, 0.29) is 5.60 Å². The second kappa shape index (κ2) is 6.96. The van der Waals surface area contributed by atoms with Crippen LogP contribution in [-0.2, 0) is 22.5 Å². The lowest BCUT2D eigenvalue weighted by molar-refractivity contribution is -0.154. The number of nitrogens with zero attached hydrogens (tertiary/aromatic N) is 1. The first-order valence-electron chi connectivity index (χ1n) is 9.09. The number of carboxylic acids is 1. The summed E-state index contributed by atoms with van der Waals surface area (Å²) in [6.45, 7) is 7.02. The van der Waals surface area contributed by atoms with E-state index in [1.165, 1.54) is 11.1 Å². The van der Waals surface area contributed by atoms with Crippen molar-refractivity contribution in [2.24, 2.45) is 5.41 Å². The SMILES string of the molecule is COCCC1(C(=O)O)CCCN(Cc2ccc3c(c2)CC(C)(C)O3)C1. The molecule has 1 unspecified atom stereocenters. The smallest absolute Gasteiger partial charge is 0.311 e. The maximum Gasteiger partial charge on any atom is 0.311 e. The summed E-state index contributed by atoms with van der Waals surface area (Å²) in [5, 5.41) is 9.78. The van der Waals surface area contributed by atoms with Gasteiger partial charge in [-0.3, -0.25) is 9.69 Å². The van der Waals surface area contributed by atoms with Crippen LogP contribution in [-0.4, -0.2) is 48.4 Å². The van der Waals surface area contributed by atoms with E-state index in [0.717, 1.165) is 38.1 Å². The summed E-state index contributed by atoms with van der Waals surface area (Å²) in [5.41, 5.74) is 1.66. The van der Waals surface area contributed by atoms with Crippen LogP contribution in [0.1, 0.15) is 44.2 Å². The van der Waals surface area contributed by atoms with Crippen LogP contribution in [0.4, 0.5) is 0 Å². The number of ether oxygens (including phenoxy) is 2. The molecule has 1 atom stereocenters. The van der Waals surface area contributed by atoms with Gasteiger partial charge in [0.05, 0.1) is 5.41 Å². The third-order valence-electron chi connectivity index (χ3n) is 5.43. The molecule has 0 saturated carbocycles. The molecule has 2 aliphatic rings. The number of carbonyl (C=O) groups is 1. The maximum absolute atomic E-state index is 11.9. The number of aliphatic carboxylic acids is 1. The van der Waals surface area contributed by atoms with Gasteiger partial charge in [0, 0.05) is 33.2 Å². The molecule has 0 amide bonds. The summed E-state index contributed by atoms with van der Waals surface area (Å²) in [6, 6.07) is 6.38. The first kappa shape index (κ1) is 18.2. The lowest BCUT2D eigenvalue weighted by atomic mass is 9.77. The molecule has 0 aliphatic carbocycles. The monoisotopic (exact) mass is 347 g/mol. The molecule has 0 spiro atoms. The maximum atomic E-state index is 11.9. The van der Waals surface area contributed by atoms with Gasteiger partial charge in [0.25, 0.3) is 0 Å². The van der Waals surface area contributed by atoms with Crippen LogP contribution >= 0.6 is 0 Å². The second-order valence-electron chi connectivity index (χ2n) is 8.12. The Hall–Kier alpha value is -1.59. The van der Waals surface area contributed by atoms with Gasteiger partial charge in [-0.15, -0.1) is 0 Å². The van der Waals surface area contributed by atoms with E-state index in [4.69, 9.17) is 9.47 Å². The molecule has 2 heterocycles. The molecule has 1 aromatic carbocycles. The number of likely N-dealkylation sites (tertiary alicyclic amines) is 1. The highest BCUT2D eigenvalue weighted by molar-refractivity contribution is 5.75. The van der Waals surface area contributed by atoms with Crippen molar-refractivity contribution in [2.75, 3.05) is 26.8 Å². The lowest BCUT2D eigenvalue weighted by Gasteiger charge is -2.40. The van der Waals surface area contributed by atoms with E-state index in [1.54, 1.807) is 7.11 Å². The summed E-state index contributed by atoms with van der Waals surface area (Å²) < 4.78 is 11.1. The van der Waals surface area contributed by atoms with E-state index in [2.05, 4.69) is 36.9 Å². The van der Waals surface area contributed by atoms with Crippen LogP contribution in [0.25, 0.3) is 0 Å². The number of hydrogen-bond donors (Lipinski definition) is 1. The van der Waals surface area contributed by atoms with E-state index in [9.17, 15) is 9.90 Å². The van der Waals surface area contributed by atoms with Crippen molar-refractivity contribution in [1.82, 2.24) is 4.90 Å². The average Bonchev–Trinajstić information content (AvgIpc) is 2.86. The first-order valence-corrected chi connectivity index (χ1v) is 9.09. The summed E-state index contributed by atoms with van der Waals surface area (Å²) in [5.74, 6) is 0.283. The molecule has 0 bridgehead atoms. The van der Waals surface area contributed by atoms with E-state index in [0.29, 0.717) is 19.6 Å². The lowest BCUT2D eigenvalue weighted by Crippen LogP contribution is -2.48. The summed E-state index contributed by atoms with van der Waals surface area (Å²) in [7, 11) is 1.63. The standard InChI is InChI=1S/C20H29NO4/c1-19(2)12-16-11-15(5-6-17(16)25-19)13-21-9-4-7-20(14-21,18(22)23)8-10-24-3/h5-6,11H,4,7-10,12-14H2,1-3H3,(H,22,23). The molecule has 25 heavy (non-hydrogen) atoms. The molecule has 1 saturated heterocycles. The Balaban J connectivity index is 1.70. The van der Waals surface area contributed by atoms with Gasteiger partial charge in [-0.2, -0.15) is 0 Å². The van der Waals surface area contributed by atoms with Gasteiger partial charge in [0.15, 0.2) is 0 Å². The van der Waals surface area contributed by atoms with Crippen LogP contribution in [0.2, 0.25) is 0 Å². The fourth-order valence-corrected chi connectivity index (χ4v) is 4.16. The zero-order valence-electron chi connectivity index (χ0n) is 15.5. The van der Waals surface area contributed by atoms with Crippen LogP contribution in [0.3, 0.4) is 0 Å². The summed E-state index contributed by atoms with van der Waals surface area (Å²) in [4.78, 5) is 14.2. The molecule has 0 aromatic heterocycles. The Bertz CT molecular complexity index is 643. The molecule has 138 valence electrons. The van der Waals surface area contributed by atoms with Crippen LogP contribution < -0.4 is 4.74 Å². The topological polar surface area (TPSA) is 59.0 Å². The van der Waals surface area contributed by atoms with E-state index < -0.39 is 11.4 Å². The molecule has 2 aliphatic heterocycles. The minimum atomic E-state index is -0.696. The second-order valence-corrected chi connectivity index (χ2v) is 8.12. The highest BCUT2D eigenvalue weighted by atomic mass is 16.5. The number of methoxy groups -OCH3 is 1. The number of hydrogen-bond acceptors (Lipinski definition) is 4. The van der Waals surface area contributed by atoms with Crippen LogP contribution in [0, 0.1) is 5.41 Å². The van der Waals surface area contributed by atoms with Gasteiger partial charge < -0.3 is 14.6 Å². The third kappa shape index (κ3) is 3.98. The van der Waals surface area contributed by atoms with Crippen molar-refractivity contribution in [3.05, 3.63) is 29.3 Å². The number of benzene rings is 1. The summed E-state index contributed by atoms with van der Waals surface area (Å²) >= 11 is 0. The van der Waals surface area contributed by atoms with Crippen molar-refractivity contribution in [1.29, 1.82) is 0 Å². The molecular formula is C20H29NO4. The summed E-state index contributed by atoms with van der Waals surface area (Å²) in [6.07, 6.45) is 3.14. The van der Waals surface area contributed by atoms with Gasteiger partial charge in [0.2, 0.25) is 0 Å². The predicted molar refractivity (Wildman–Crippen MR) is 95.9 cm³/mol. The Morgan fingerprint density at radius 2 is 2.20 bits per heavy atom. The zero-order valence-corrected chi connectivity index (χ0v) is 15.5. The Kier molecular flexibility index (Phi) is 5.07. The molecule has 1 N–H and O–H groups in total. The molecule has 5 heteroatoms. The highest BCUT2D eigenvalue weighted by Crippen LogP contribution is 2.37. The van der Waals surface area contributed by atoms with Crippen molar-refractivity contribution < 1.29 is 19.4 Å². The minimum Gasteiger partial charge on any atom is -0.487 e. The molecule has 0 radical (unpaired) electrons. The normalized spacial score (nSPS) is 25.4. The third-order valence-corrected chi connectivity index (χ3v) is 5.43. The fraction of sp³-hybridized carbons (Fsp3) is 0.650. The number of piperidine rings is 1. The number of rotatable bonds is 6. The molecule has 1 fully saturated rings. The Labute approximate surface area is 149 Å². The van der Waals surface area contributed by atoms with Crippen molar-refractivity contribution in [3.63, 3.8) is 0 Å². The minimum absolute atomic E-state index is 0.134. The van der Waals surface area contributed by atoms with Crippen molar-refractivity contribution >= 4 is 5.97 Å². The van der Waals surface area contributed by atoms with Crippen molar-refractivity contribution in [3.8, 4) is 5.75 Å². The number of fused-ring (bicyclic) bond motifs is 1. The fourth-order valence-electron chi connectivity index (χ4n) is 4.16. The van der Waals surface area contributed by atoms with Gasteiger partial charge in [-0.25, -0.2) is 0 Å². The van der Waals surface area contributed by atoms with Crippen molar-refractivity contribution in [2.45, 2.75) is 51.7 Å². The molecule has 1 aromatic rings. The highest BCUT2D eigenvalue weighted by Gasteiger charge is 2.42. The average molecular weight is 347 g/mol. The van der Waals surface area contributed by atoms with Gasteiger partial charge in [0.1, 0.15) is 11.4 Å². The van der Waals surface area contributed by atoms with Gasteiger partial charge >= 0.3 is 5.97 Å². The van der Waals surface area contributed by atoms with Crippen LogP contribution in [0.15, 0.2) is 18.2 Å². The number of carboxylic acid groups (broad SMARTS) is 1. The quantitative estimate of drug-likeness (QED) is 0.857. The predicted octanol–water partition coefficient (Wildman–Crippen LogP) is 3.10.